The van der Waals surface area contributed by atoms with Crippen LogP contribution < -0.4 is 0 Å². The molecule has 0 amide bonds. The Balaban J connectivity index is 0.000000133. The maximum absolute atomic E-state index is 2.46. The number of aromatic nitrogens is 6. The number of hydrogen-bond acceptors (Lipinski definition) is 0. The number of rotatable bonds is 8. The van der Waals surface area contributed by atoms with Gasteiger partial charge in [-0.2, -0.15) is 0 Å². The zero-order valence-corrected chi connectivity index (χ0v) is 63.3. The molecule has 538 valence electrons. The molecule has 6 nitrogen and oxygen atoms in total. The topological polar surface area (TPSA) is 29.6 Å². The number of hydrogen-bond donors (Lipinski definition) is 0. The van der Waals surface area contributed by atoms with Crippen LogP contribution in [-0.2, 0) is 5.41 Å². The first-order valence-electron chi connectivity index (χ1n) is 39.9. The van der Waals surface area contributed by atoms with Crippen LogP contribution >= 0.6 is 0 Å². The van der Waals surface area contributed by atoms with Crippen molar-refractivity contribution >= 4 is 142 Å². The normalized spacial score (nSPS) is 12.7. The molecule has 0 radical (unpaired) electrons. The lowest BCUT2D eigenvalue weighted by Gasteiger charge is -2.22. The molecule has 0 atom stereocenters. The fraction of sp³-hybridized carbons (Fsp3) is 0.0275. The first-order chi connectivity index (χ1) is 56.8. The van der Waals surface area contributed by atoms with Crippen molar-refractivity contribution in [3.8, 4) is 67.5 Å². The quantitative estimate of drug-likeness (QED) is 0.145. The van der Waals surface area contributed by atoms with E-state index < -0.39 is 0 Å². The molecule has 0 unspecified atom stereocenters. The molecule has 115 heavy (non-hydrogen) atoms. The summed E-state index contributed by atoms with van der Waals surface area (Å²) in [5.74, 6) is 0. The fourth-order valence-electron chi connectivity index (χ4n) is 19.8. The maximum atomic E-state index is 2.46. The predicted molar refractivity (Wildman–Crippen MR) is 485 cm³/mol. The van der Waals surface area contributed by atoms with Gasteiger partial charge in [-0.15, -0.1) is 0 Å². The van der Waals surface area contributed by atoms with Gasteiger partial charge in [-0.05, 0) is 225 Å². The summed E-state index contributed by atoms with van der Waals surface area (Å²) in [5, 5.41) is 17.5. The van der Waals surface area contributed by atoms with E-state index in [-0.39, 0.29) is 5.41 Å². The molecule has 0 N–H and O–H groups in total. The molecule has 1 aliphatic carbocycles. The predicted octanol–water partition coefficient (Wildman–Crippen LogP) is 28.7. The molecular weight excluding hydrogens is 1390 g/mol. The van der Waals surface area contributed by atoms with Gasteiger partial charge in [0.15, 0.2) is 0 Å². The highest BCUT2D eigenvalue weighted by atomic mass is 15.0. The van der Waals surface area contributed by atoms with Gasteiger partial charge in [-0.25, -0.2) is 0 Å². The number of benzene rings is 18. The zero-order valence-electron chi connectivity index (χ0n) is 63.3. The Morgan fingerprint density at radius 3 is 0.809 bits per heavy atom. The largest absolute Gasteiger partial charge is 0.309 e. The molecular formula is C109H72N6. The van der Waals surface area contributed by atoms with E-state index in [0.29, 0.717) is 0 Å². The van der Waals surface area contributed by atoms with Crippen molar-refractivity contribution in [2.24, 2.45) is 0 Å². The van der Waals surface area contributed by atoms with Crippen molar-refractivity contribution in [3.05, 3.63) is 412 Å². The first-order valence-corrected chi connectivity index (χ1v) is 39.9. The minimum absolute atomic E-state index is 0.0696. The lowest BCUT2D eigenvalue weighted by Crippen LogP contribution is -2.15. The van der Waals surface area contributed by atoms with Gasteiger partial charge in [0.05, 0.1) is 66.2 Å². The Bertz CT molecular complexity index is 8190. The molecule has 0 bridgehead atoms. The SMILES string of the molecule is CC1(C)c2ccccc2-c2ccc(-n3c4ccccc4c4cc(-n5c6ccccc6c6cc(-c7ccc8c(c7)c7ccccc7n8-c7ccccc7)ccc65)ccc43)cc21.c1ccc(-n2c3ccccc3c3cc(-c4ccc5c(c4)c4ccccc4n5-c4ccc5c(c4)c4ccccc4n5-c4ccc5ccccc5c4)ccc32)cc1. The smallest absolute Gasteiger partial charge is 0.0542 e. The van der Waals surface area contributed by atoms with Gasteiger partial charge in [0.2, 0.25) is 0 Å². The summed E-state index contributed by atoms with van der Waals surface area (Å²) in [4.78, 5) is 0. The van der Waals surface area contributed by atoms with Gasteiger partial charge in [0.25, 0.3) is 0 Å². The van der Waals surface area contributed by atoms with Crippen molar-refractivity contribution in [1.82, 2.24) is 27.4 Å². The molecule has 25 rings (SSSR count). The van der Waals surface area contributed by atoms with Crippen molar-refractivity contribution < 1.29 is 0 Å². The highest BCUT2D eigenvalue weighted by Gasteiger charge is 2.36. The minimum Gasteiger partial charge on any atom is -0.309 e. The van der Waals surface area contributed by atoms with Crippen LogP contribution in [-0.4, -0.2) is 27.4 Å². The zero-order chi connectivity index (χ0) is 75.7. The van der Waals surface area contributed by atoms with Gasteiger partial charge >= 0.3 is 0 Å². The van der Waals surface area contributed by atoms with E-state index in [1.807, 2.05) is 0 Å². The average Bonchev–Trinajstić information content (AvgIpc) is 1.50. The van der Waals surface area contributed by atoms with Gasteiger partial charge < -0.3 is 27.4 Å². The maximum Gasteiger partial charge on any atom is 0.0542 e. The monoisotopic (exact) mass is 1460 g/mol. The van der Waals surface area contributed by atoms with Crippen LogP contribution in [0.3, 0.4) is 0 Å². The first kappa shape index (κ1) is 64.8. The summed E-state index contributed by atoms with van der Waals surface area (Å²) >= 11 is 0. The molecule has 0 spiro atoms. The van der Waals surface area contributed by atoms with Crippen LogP contribution in [0.5, 0.6) is 0 Å². The van der Waals surface area contributed by atoms with E-state index in [0.717, 1.165) is 11.4 Å². The Hall–Kier alpha value is -15.0. The van der Waals surface area contributed by atoms with E-state index in [2.05, 4.69) is 442 Å². The lowest BCUT2D eigenvalue weighted by molar-refractivity contribution is 0.660. The fourth-order valence-corrected chi connectivity index (χ4v) is 19.8. The van der Waals surface area contributed by atoms with Gasteiger partial charge in [-0.1, -0.05) is 244 Å². The summed E-state index contributed by atoms with van der Waals surface area (Å²) in [7, 11) is 0. The molecule has 0 aliphatic heterocycles. The van der Waals surface area contributed by atoms with Crippen LogP contribution in [0.4, 0.5) is 0 Å². The molecule has 6 heterocycles. The van der Waals surface area contributed by atoms with Crippen LogP contribution in [0.2, 0.25) is 0 Å². The van der Waals surface area contributed by atoms with Crippen molar-refractivity contribution in [3.63, 3.8) is 0 Å². The van der Waals surface area contributed by atoms with E-state index >= 15 is 0 Å². The van der Waals surface area contributed by atoms with E-state index in [1.165, 1.54) is 209 Å². The third-order valence-corrected chi connectivity index (χ3v) is 25.0. The van der Waals surface area contributed by atoms with Crippen LogP contribution in [0.25, 0.3) is 209 Å². The number of nitrogens with zero attached hydrogens (tertiary/aromatic N) is 6. The molecule has 18 aromatic carbocycles. The van der Waals surface area contributed by atoms with Crippen molar-refractivity contribution in [2.45, 2.75) is 19.3 Å². The van der Waals surface area contributed by atoms with Crippen LogP contribution in [0.15, 0.2) is 400 Å². The Morgan fingerprint density at radius 2 is 0.417 bits per heavy atom. The minimum atomic E-state index is -0.0696. The Labute approximate surface area is 662 Å². The standard InChI is InChI=1S/C57H39N3.C52H33N3/c1-57(2)49-20-10-6-16-41(49)42-28-26-40(35-50(42)57)60-53-23-13-9-19-45(53)48-34-39(27-31-56(48)60)59-52-22-12-8-18-44(52)47-33-37(25-30-55(47)59)36-24-29-54-46(32-36)43-17-7-11-21-51(43)58(54)38-14-4-3-5-15-38;1-2-14-38(15-3-1)53-47-19-9-6-16-41(47)44-31-36(23-27-50(44)53)37-24-28-51-45(32-37)42-17-7-10-20-48(42)55(51)40-26-29-52-46(33-40)43-18-8-11-21-49(43)54(52)39-25-22-34-12-4-5-13-35(34)30-39/h3-35H,1-2H3;1-33H. The summed E-state index contributed by atoms with van der Waals surface area (Å²) in [6, 6.07) is 147. The highest BCUT2D eigenvalue weighted by molar-refractivity contribution is 6.17. The summed E-state index contributed by atoms with van der Waals surface area (Å²) in [6.45, 7) is 4.72. The molecule has 0 saturated carbocycles. The third kappa shape index (κ3) is 9.76. The number of para-hydroxylation sites is 8. The Morgan fingerprint density at radius 1 is 0.157 bits per heavy atom. The second-order valence-corrected chi connectivity index (χ2v) is 31.5. The molecule has 0 fully saturated rings. The highest BCUT2D eigenvalue weighted by Crippen LogP contribution is 2.51. The summed E-state index contributed by atoms with van der Waals surface area (Å²) < 4.78 is 14.5. The van der Waals surface area contributed by atoms with Crippen molar-refractivity contribution in [2.75, 3.05) is 0 Å². The third-order valence-electron chi connectivity index (χ3n) is 25.0. The molecule has 0 saturated heterocycles. The van der Waals surface area contributed by atoms with Gasteiger partial charge in [0.1, 0.15) is 0 Å². The van der Waals surface area contributed by atoms with E-state index in [4.69, 9.17) is 0 Å². The van der Waals surface area contributed by atoms with Crippen molar-refractivity contribution in [1.29, 1.82) is 0 Å². The molecule has 1 aliphatic rings. The Kier molecular flexibility index (Phi) is 14.1. The molecule has 6 heteroatoms. The lowest BCUT2D eigenvalue weighted by atomic mass is 9.82. The summed E-state index contributed by atoms with van der Waals surface area (Å²) in [6.07, 6.45) is 0. The van der Waals surface area contributed by atoms with E-state index in [9.17, 15) is 0 Å². The van der Waals surface area contributed by atoms with Gasteiger partial charge in [-0.3, -0.25) is 0 Å². The second-order valence-electron chi connectivity index (χ2n) is 31.5. The van der Waals surface area contributed by atoms with E-state index in [1.54, 1.807) is 0 Å². The van der Waals surface area contributed by atoms with Crippen LogP contribution in [0.1, 0.15) is 25.0 Å². The molecule has 6 aromatic heterocycles. The molecule has 24 aromatic rings. The van der Waals surface area contributed by atoms with Crippen LogP contribution in [0, 0.1) is 0 Å². The average molecular weight is 1470 g/mol. The summed E-state index contributed by atoms with van der Waals surface area (Å²) in [5.41, 5.74) is 31.8. The second kappa shape index (κ2) is 25.0. The van der Waals surface area contributed by atoms with Gasteiger partial charge in [0, 0.05) is 104 Å². The number of fused-ring (bicyclic) bond motifs is 22.